The SMILES string of the molecule is CC(C)c1cc(-c2cc3cc(F)ccc3s2)cc(-c2nn[nH]c2C#N)c1. The highest BCUT2D eigenvalue weighted by Gasteiger charge is 2.15. The Bertz CT molecular complexity index is 1150. The molecule has 0 unspecified atom stereocenters. The first kappa shape index (κ1) is 16.4. The monoisotopic (exact) mass is 362 g/mol. The Labute approximate surface area is 153 Å². The summed E-state index contributed by atoms with van der Waals surface area (Å²) in [5.74, 6) is 0.0812. The van der Waals surface area contributed by atoms with E-state index in [9.17, 15) is 9.65 Å². The van der Waals surface area contributed by atoms with E-state index in [-0.39, 0.29) is 5.82 Å². The van der Waals surface area contributed by atoms with Crippen molar-refractivity contribution >= 4 is 21.4 Å². The van der Waals surface area contributed by atoms with E-state index >= 15 is 0 Å². The van der Waals surface area contributed by atoms with E-state index in [4.69, 9.17) is 0 Å². The number of hydrogen-bond acceptors (Lipinski definition) is 4. The number of H-pyrrole nitrogens is 1. The van der Waals surface area contributed by atoms with Crippen LogP contribution in [-0.2, 0) is 0 Å². The normalized spacial score (nSPS) is 11.2. The molecule has 0 bridgehead atoms. The lowest BCUT2D eigenvalue weighted by Gasteiger charge is -2.10. The predicted molar refractivity (Wildman–Crippen MR) is 101 cm³/mol. The van der Waals surface area contributed by atoms with Crippen LogP contribution in [0.25, 0.3) is 31.8 Å². The number of nitrogens with one attached hydrogen (secondary N) is 1. The minimum absolute atomic E-state index is 0.236. The van der Waals surface area contributed by atoms with E-state index in [0.29, 0.717) is 17.3 Å². The van der Waals surface area contributed by atoms with Crippen LogP contribution in [0.2, 0.25) is 0 Å². The van der Waals surface area contributed by atoms with Gasteiger partial charge < -0.3 is 0 Å². The van der Waals surface area contributed by atoms with E-state index in [0.717, 1.165) is 31.7 Å². The molecule has 6 heteroatoms. The van der Waals surface area contributed by atoms with Gasteiger partial charge in [-0.1, -0.05) is 25.1 Å². The van der Waals surface area contributed by atoms with Crippen LogP contribution in [0.3, 0.4) is 0 Å². The number of halogens is 1. The van der Waals surface area contributed by atoms with Crippen LogP contribution in [-0.4, -0.2) is 15.4 Å². The third-order valence-electron chi connectivity index (χ3n) is 4.32. The molecule has 2 heterocycles. The zero-order valence-corrected chi connectivity index (χ0v) is 15.1. The third kappa shape index (κ3) is 2.87. The van der Waals surface area contributed by atoms with Crippen molar-refractivity contribution in [2.75, 3.05) is 0 Å². The molecule has 4 rings (SSSR count). The van der Waals surface area contributed by atoms with Crippen LogP contribution in [0, 0.1) is 17.1 Å². The molecule has 0 fully saturated rings. The summed E-state index contributed by atoms with van der Waals surface area (Å²) in [6.07, 6.45) is 0. The minimum Gasteiger partial charge on any atom is -0.247 e. The Morgan fingerprint density at radius 1 is 1.12 bits per heavy atom. The van der Waals surface area contributed by atoms with Crippen molar-refractivity contribution in [1.29, 1.82) is 5.26 Å². The second-order valence-electron chi connectivity index (χ2n) is 6.44. The number of hydrogen-bond donors (Lipinski definition) is 1. The molecule has 0 aliphatic heterocycles. The van der Waals surface area contributed by atoms with Gasteiger partial charge in [0, 0.05) is 15.1 Å². The van der Waals surface area contributed by atoms with Crippen molar-refractivity contribution in [3.63, 3.8) is 0 Å². The van der Waals surface area contributed by atoms with Crippen LogP contribution in [0.5, 0.6) is 0 Å². The summed E-state index contributed by atoms with van der Waals surface area (Å²) in [5, 5.41) is 20.6. The molecular formula is C20H15FN4S. The number of aromatic nitrogens is 3. The number of nitrogens with zero attached hydrogens (tertiary/aromatic N) is 3. The first-order valence-corrected chi connectivity index (χ1v) is 9.03. The zero-order chi connectivity index (χ0) is 18.3. The number of fused-ring (bicyclic) bond motifs is 1. The molecule has 0 aliphatic carbocycles. The highest BCUT2D eigenvalue weighted by Crippen LogP contribution is 2.37. The lowest BCUT2D eigenvalue weighted by molar-refractivity contribution is 0.630. The quantitative estimate of drug-likeness (QED) is 0.524. The fourth-order valence-electron chi connectivity index (χ4n) is 2.93. The molecule has 1 N–H and O–H groups in total. The largest absolute Gasteiger partial charge is 0.247 e. The Hall–Kier alpha value is -3.04. The Kier molecular flexibility index (Phi) is 4.02. The molecule has 2 aromatic carbocycles. The van der Waals surface area contributed by atoms with Gasteiger partial charge in [-0.3, -0.25) is 0 Å². The molecule has 0 spiro atoms. The first-order valence-electron chi connectivity index (χ1n) is 8.21. The maximum absolute atomic E-state index is 13.5. The second kappa shape index (κ2) is 6.36. The molecule has 0 aliphatic rings. The molecular weight excluding hydrogens is 347 g/mol. The van der Waals surface area contributed by atoms with E-state index in [1.54, 1.807) is 23.5 Å². The molecule has 2 aromatic heterocycles. The maximum atomic E-state index is 13.5. The number of nitriles is 1. The summed E-state index contributed by atoms with van der Waals surface area (Å²) < 4.78 is 14.5. The minimum atomic E-state index is -0.236. The van der Waals surface area contributed by atoms with E-state index in [2.05, 4.69) is 41.4 Å². The van der Waals surface area contributed by atoms with Gasteiger partial charge in [0.1, 0.15) is 17.6 Å². The predicted octanol–water partition coefficient (Wildman–Crippen LogP) is 5.49. The summed E-state index contributed by atoms with van der Waals surface area (Å²) >= 11 is 1.62. The Balaban J connectivity index is 1.91. The number of aromatic amines is 1. The fraction of sp³-hybridized carbons (Fsp3) is 0.150. The molecule has 4 nitrogen and oxygen atoms in total. The van der Waals surface area contributed by atoms with Crippen LogP contribution in [0.1, 0.15) is 31.0 Å². The molecule has 0 saturated heterocycles. The van der Waals surface area contributed by atoms with Gasteiger partial charge in [-0.2, -0.15) is 5.26 Å². The van der Waals surface area contributed by atoms with E-state index < -0.39 is 0 Å². The molecule has 0 amide bonds. The van der Waals surface area contributed by atoms with Crippen molar-refractivity contribution in [2.45, 2.75) is 19.8 Å². The fourth-order valence-corrected chi connectivity index (χ4v) is 3.96. The van der Waals surface area contributed by atoms with Crippen molar-refractivity contribution in [1.82, 2.24) is 15.4 Å². The van der Waals surface area contributed by atoms with Gasteiger partial charge >= 0.3 is 0 Å². The van der Waals surface area contributed by atoms with Gasteiger partial charge in [0.25, 0.3) is 0 Å². The van der Waals surface area contributed by atoms with Crippen molar-refractivity contribution < 1.29 is 4.39 Å². The summed E-state index contributed by atoms with van der Waals surface area (Å²) in [5.41, 5.74) is 3.91. The van der Waals surface area contributed by atoms with Gasteiger partial charge in [-0.15, -0.1) is 16.4 Å². The average molecular weight is 362 g/mol. The molecule has 26 heavy (non-hydrogen) atoms. The smallest absolute Gasteiger partial charge is 0.163 e. The Morgan fingerprint density at radius 2 is 1.92 bits per heavy atom. The van der Waals surface area contributed by atoms with Gasteiger partial charge in [-0.05, 0) is 58.8 Å². The lowest BCUT2D eigenvalue weighted by Crippen LogP contribution is -1.91. The molecule has 4 aromatic rings. The standard InChI is InChI=1S/C20H15FN4S/c1-11(2)12-5-13(7-15(6-12)20-17(10-22)23-25-24-20)19-9-14-8-16(21)3-4-18(14)26-19/h3-9,11H,1-2H3,(H,23,24,25). The zero-order valence-electron chi connectivity index (χ0n) is 14.2. The second-order valence-corrected chi connectivity index (χ2v) is 7.52. The summed E-state index contributed by atoms with van der Waals surface area (Å²) in [4.78, 5) is 1.05. The van der Waals surface area contributed by atoms with E-state index in [1.165, 1.54) is 6.07 Å². The highest BCUT2D eigenvalue weighted by atomic mass is 32.1. The molecule has 0 saturated carbocycles. The van der Waals surface area contributed by atoms with Crippen LogP contribution < -0.4 is 0 Å². The number of thiophene rings is 1. The molecule has 128 valence electrons. The highest BCUT2D eigenvalue weighted by molar-refractivity contribution is 7.22. The number of benzene rings is 2. The number of rotatable bonds is 3. The van der Waals surface area contributed by atoms with Gasteiger partial charge in [-0.25, -0.2) is 9.49 Å². The van der Waals surface area contributed by atoms with Crippen LogP contribution in [0.4, 0.5) is 4.39 Å². The first-order chi connectivity index (χ1) is 12.5. The summed E-state index contributed by atoms with van der Waals surface area (Å²) in [6.45, 7) is 4.24. The summed E-state index contributed by atoms with van der Waals surface area (Å²) in [7, 11) is 0. The van der Waals surface area contributed by atoms with Crippen molar-refractivity contribution in [2.24, 2.45) is 0 Å². The maximum Gasteiger partial charge on any atom is 0.163 e. The van der Waals surface area contributed by atoms with Crippen molar-refractivity contribution in [3.05, 3.63) is 59.5 Å². The van der Waals surface area contributed by atoms with Gasteiger partial charge in [0.05, 0.1) is 0 Å². The average Bonchev–Trinajstić information content (AvgIpc) is 3.27. The Morgan fingerprint density at radius 3 is 2.69 bits per heavy atom. The van der Waals surface area contributed by atoms with Crippen LogP contribution >= 0.6 is 11.3 Å². The van der Waals surface area contributed by atoms with E-state index in [1.807, 2.05) is 18.2 Å². The van der Waals surface area contributed by atoms with Crippen LogP contribution in [0.15, 0.2) is 42.5 Å². The third-order valence-corrected chi connectivity index (χ3v) is 5.48. The van der Waals surface area contributed by atoms with Crippen molar-refractivity contribution in [3.8, 4) is 27.8 Å². The molecule has 0 atom stereocenters. The molecule has 0 radical (unpaired) electrons. The van der Waals surface area contributed by atoms with Gasteiger partial charge in [0.2, 0.25) is 0 Å². The lowest BCUT2D eigenvalue weighted by atomic mass is 9.95. The van der Waals surface area contributed by atoms with Gasteiger partial charge in [0.15, 0.2) is 5.69 Å². The topological polar surface area (TPSA) is 65.4 Å². The summed E-state index contributed by atoms with van der Waals surface area (Å²) in [6, 6.07) is 15.1.